The number of carbonyl (C=O) groups excluding carboxylic acids is 2. The van der Waals surface area contributed by atoms with Gasteiger partial charge in [0.1, 0.15) is 0 Å². The Morgan fingerprint density at radius 2 is 1.61 bits per heavy atom. The maximum absolute atomic E-state index is 13.2. The van der Waals surface area contributed by atoms with Crippen LogP contribution in [0.2, 0.25) is 0 Å². The third kappa shape index (κ3) is 4.54. The highest BCUT2D eigenvalue weighted by Crippen LogP contribution is 2.38. The van der Waals surface area contributed by atoms with E-state index in [4.69, 9.17) is 9.47 Å². The van der Waals surface area contributed by atoms with Crippen LogP contribution >= 0.6 is 0 Å². The summed E-state index contributed by atoms with van der Waals surface area (Å²) in [6.07, 6.45) is -0.832. The number of rotatable bonds is 4. The minimum absolute atomic E-state index is 0.0325. The molecule has 5 rings (SSSR count). The van der Waals surface area contributed by atoms with Gasteiger partial charge < -0.3 is 29.5 Å². The van der Waals surface area contributed by atoms with Crippen molar-refractivity contribution in [1.82, 2.24) is 4.90 Å². The van der Waals surface area contributed by atoms with E-state index in [1.54, 1.807) is 6.07 Å². The summed E-state index contributed by atoms with van der Waals surface area (Å²) in [5, 5.41) is 3.01. The Bertz CT molecular complexity index is 1030. The van der Waals surface area contributed by atoms with Crippen LogP contribution in [0.25, 0.3) is 0 Å². The van der Waals surface area contributed by atoms with Crippen molar-refractivity contribution in [3.05, 3.63) is 48.0 Å². The monoisotopic (exact) mass is 450 g/mol. The third-order valence-electron chi connectivity index (χ3n) is 6.58. The SMILES string of the molecule is CN1CCN(c2cccc3c2OC(C(=O)Nc2ccccc2N2CCOCC2)CC3=O)CC1. The van der Waals surface area contributed by atoms with Crippen molar-refractivity contribution in [2.75, 3.05) is 74.6 Å². The summed E-state index contributed by atoms with van der Waals surface area (Å²) >= 11 is 0. The van der Waals surface area contributed by atoms with Crippen molar-refractivity contribution in [2.24, 2.45) is 0 Å². The number of morpholine rings is 1. The number of piperazine rings is 1. The zero-order chi connectivity index (χ0) is 22.8. The molecule has 2 fully saturated rings. The smallest absolute Gasteiger partial charge is 0.265 e. The molecule has 3 aliphatic heterocycles. The number of hydrogen-bond donors (Lipinski definition) is 1. The van der Waals surface area contributed by atoms with Crippen molar-refractivity contribution < 1.29 is 19.1 Å². The van der Waals surface area contributed by atoms with Crippen molar-refractivity contribution >= 4 is 28.8 Å². The van der Waals surface area contributed by atoms with Gasteiger partial charge in [0, 0.05) is 39.3 Å². The Balaban J connectivity index is 1.36. The van der Waals surface area contributed by atoms with Crippen LogP contribution in [0, 0.1) is 0 Å². The minimum Gasteiger partial charge on any atom is -0.477 e. The van der Waals surface area contributed by atoms with Crippen molar-refractivity contribution in [3.8, 4) is 5.75 Å². The predicted octanol–water partition coefficient (Wildman–Crippen LogP) is 2.25. The predicted molar refractivity (Wildman–Crippen MR) is 128 cm³/mol. The Morgan fingerprint density at radius 1 is 0.909 bits per heavy atom. The first kappa shape index (κ1) is 21.7. The van der Waals surface area contributed by atoms with Crippen LogP contribution in [0.15, 0.2) is 42.5 Å². The number of benzene rings is 2. The van der Waals surface area contributed by atoms with Gasteiger partial charge in [-0.25, -0.2) is 0 Å². The maximum Gasteiger partial charge on any atom is 0.265 e. The summed E-state index contributed by atoms with van der Waals surface area (Å²) in [5.74, 6) is 0.164. The van der Waals surface area contributed by atoms with Crippen molar-refractivity contribution in [3.63, 3.8) is 0 Å². The molecule has 0 saturated carbocycles. The van der Waals surface area contributed by atoms with E-state index in [1.165, 1.54) is 0 Å². The molecule has 0 radical (unpaired) electrons. The first-order valence-corrected chi connectivity index (χ1v) is 11.6. The summed E-state index contributed by atoms with van der Waals surface area (Å²) in [6.45, 7) is 6.46. The minimum atomic E-state index is -0.864. The summed E-state index contributed by atoms with van der Waals surface area (Å²) < 4.78 is 11.7. The number of ketones is 1. The van der Waals surface area contributed by atoms with E-state index < -0.39 is 6.10 Å². The number of fused-ring (bicyclic) bond motifs is 1. The molecule has 8 nitrogen and oxygen atoms in total. The lowest BCUT2D eigenvalue weighted by Gasteiger charge is -2.36. The molecule has 1 atom stereocenters. The average Bonchev–Trinajstić information content (AvgIpc) is 2.85. The van der Waals surface area contributed by atoms with Gasteiger partial charge in [-0.2, -0.15) is 0 Å². The molecule has 1 amide bonds. The summed E-state index contributed by atoms with van der Waals surface area (Å²) in [7, 11) is 2.10. The van der Waals surface area contributed by atoms with E-state index >= 15 is 0 Å². The molecule has 8 heteroatoms. The van der Waals surface area contributed by atoms with Crippen molar-refractivity contribution in [1.29, 1.82) is 0 Å². The van der Waals surface area contributed by atoms with Gasteiger partial charge in [0.2, 0.25) is 0 Å². The number of anilines is 3. The number of amides is 1. The lowest BCUT2D eigenvalue weighted by Crippen LogP contribution is -2.45. The fourth-order valence-electron chi connectivity index (χ4n) is 4.65. The van der Waals surface area contributed by atoms with Gasteiger partial charge in [0.25, 0.3) is 5.91 Å². The number of para-hydroxylation sites is 3. The fraction of sp³-hybridized carbons (Fsp3) is 0.440. The first-order chi connectivity index (χ1) is 16.1. The van der Waals surface area contributed by atoms with Crippen LogP contribution in [0.4, 0.5) is 17.1 Å². The Hall–Kier alpha value is -3.10. The first-order valence-electron chi connectivity index (χ1n) is 11.6. The number of likely N-dealkylation sites (N-methyl/N-ethyl adjacent to an activating group) is 1. The summed E-state index contributed by atoms with van der Waals surface area (Å²) in [6, 6.07) is 13.4. The number of nitrogens with zero attached hydrogens (tertiary/aromatic N) is 3. The number of carbonyl (C=O) groups is 2. The Kier molecular flexibility index (Phi) is 6.20. The second-order valence-corrected chi connectivity index (χ2v) is 8.78. The number of Topliss-reactive ketones (excluding diaryl/α,β-unsaturated/α-hetero) is 1. The van der Waals surface area contributed by atoms with Gasteiger partial charge in [-0.3, -0.25) is 9.59 Å². The Morgan fingerprint density at radius 3 is 2.39 bits per heavy atom. The lowest BCUT2D eigenvalue weighted by molar-refractivity contribution is -0.122. The van der Waals surface area contributed by atoms with Gasteiger partial charge in [0.15, 0.2) is 17.6 Å². The molecule has 3 heterocycles. The van der Waals surface area contributed by atoms with Crippen LogP contribution in [0.1, 0.15) is 16.8 Å². The zero-order valence-corrected chi connectivity index (χ0v) is 19.0. The molecule has 2 saturated heterocycles. The highest BCUT2D eigenvalue weighted by molar-refractivity contribution is 6.07. The molecule has 0 aliphatic carbocycles. The van der Waals surface area contributed by atoms with Gasteiger partial charge in [-0.05, 0) is 31.3 Å². The summed E-state index contributed by atoms with van der Waals surface area (Å²) in [5.41, 5.74) is 3.12. The van der Waals surface area contributed by atoms with Crippen molar-refractivity contribution in [2.45, 2.75) is 12.5 Å². The van der Waals surface area contributed by atoms with E-state index in [0.717, 1.165) is 56.3 Å². The van der Waals surface area contributed by atoms with Crippen LogP contribution < -0.4 is 19.9 Å². The van der Waals surface area contributed by atoms with Crippen LogP contribution in [0.5, 0.6) is 5.75 Å². The Labute approximate surface area is 194 Å². The molecule has 2 aromatic carbocycles. The molecule has 0 aromatic heterocycles. The van der Waals surface area contributed by atoms with Crippen LogP contribution in [-0.2, 0) is 9.53 Å². The number of ether oxygens (including phenoxy) is 2. The molecule has 1 N–H and O–H groups in total. The molecule has 174 valence electrons. The zero-order valence-electron chi connectivity index (χ0n) is 19.0. The second-order valence-electron chi connectivity index (χ2n) is 8.78. The second kappa shape index (κ2) is 9.41. The maximum atomic E-state index is 13.2. The molecular weight excluding hydrogens is 420 g/mol. The van der Waals surface area contributed by atoms with Gasteiger partial charge in [-0.1, -0.05) is 18.2 Å². The molecule has 3 aliphatic rings. The molecule has 33 heavy (non-hydrogen) atoms. The topological polar surface area (TPSA) is 74.3 Å². The fourth-order valence-corrected chi connectivity index (χ4v) is 4.65. The molecule has 1 unspecified atom stereocenters. The van der Waals surface area contributed by atoms with Gasteiger partial charge in [0.05, 0.1) is 42.3 Å². The van der Waals surface area contributed by atoms with E-state index in [-0.39, 0.29) is 18.1 Å². The average molecular weight is 451 g/mol. The molecule has 2 aromatic rings. The van der Waals surface area contributed by atoms with Gasteiger partial charge in [-0.15, -0.1) is 0 Å². The lowest BCUT2D eigenvalue weighted by atomic mass is 9.98. The molecule has 0 spiro atoms. The van der Waals surface area contributed by atoms with Crippen LogP contribution in [-0.4, -0.2) is 82.2 Å². The largest absolute Gasteiger partial charge is 0.477 e. The van der Waals surface area contributed by atoms with E-state index in [0.29, 0.717) is 24.5 Å². The molecular formula is C25H30N4O4. The van der Waals surface area contributed by atoms with E-state index in [2.05, 4.69) is 27.1 Å². The number of nitrogens with one attached hydrogen (secondary N) is 1. The quantitative estimate of drug-likeness (QED) is 0.766. The highest BCUT2D eigenvalue weighted by atomic mass is 16.5. The number of hydrogen-bond acceptors (Lipinski definition) is 7. The third-order valence-corrected chi connectivity index (χ3v) is 6.58. The summed E-state index contributed by atoms with van der Waals surface area (Å²) in [4.78, 5) is 32.9. The highest BCUT2D eigenvalue weighted by Gasteiger charge is 2.34. The van der Waals surface area contributed by atoms with Crippen LogP contribution in [0.3, 0.4) is 0 Å². The van der Waals surface area contributed by atoms with E-state index in [1.807, 2.05) is 36.4 Å². The standard InChI is InChI=1S/C25H30N4O4/c1-27-9-11-28(12-10-27)21-8-4-5-18-22(30)17-23(33-24(18)21)25(31)26-19-6-2-3-7-20(19)29-13-15-32-16-14-29/h2-8,23H,9-17H2,1H3,(H,26,31). The van der Waals surface area contributed by atoms with E-state index in [9.17, 15) is 9.59 Å². The van der Waals surface area contributed by atoms with Gasteiger partial charge >= 0.3 is 0 Å². The molecule has 0 bridgehead atoms. The normalized spacial score (nSPS) is 21.4.